The van der Waals surface area contributed by atoms with E-state index in [9.17, 15) is 18.0 Å². The van der Waals surface area contributed by atoms with Gasteiger partial charge in [-0.15, -0.1) is 0 Å². The number of amides is 1. The van der Waals surface area contributed by atoms with Gasteiger partial charge >= 0.3 is 6.18 Å². The lowest BCUT2D eigenvalue weighted by molar-refractivity contribution is -0.141. The summed E-state index contributed by atoms with van der Waals surface area (Å²) in [6.07, 6.45) is -0.494. The quantitative estimate of drug-likeness (QED) is 0.596. The van der Waals surface area contributed by atoms with E-state index in [4.69, 9.17) is 4.74 Å². The van der Waals surface area contributed by atoms with E-state index in [0.29, 0.717) is 17.1 Å². The van der Waals surface area contributed by atoms with Crippen LogP contribution in [0.25, 0.3) is 0 Å². The summed E-state index contributed by atoms with van der Waals surface area (Å²) in [7, 11) is 0. The van der Waals surface area contributed by atoms with Crippen molar-refractivity contribution in [2.75, 3.05) is 5.32 Å². The van der Waals surface area contributed by atoms with E-state index < -0.39 is 11.9 Å². The molecule has 0 aliphatic heterocycles. The Hall–Kier alpha value is -3.30. The highest BCUT2D eigenvalue weighted by Crippen LogP contribution is 2.28. The number of hydrogen-bond donors (Lipinski definition) is 1. The van der Waals surface area contributed by atoms with Gasteiger partial charge in [-0.25, -0.2) is 4.68 Å². The first kappa shape index (κ1) is 21.4. The Morgan fingerprint density at radius 3 is 2.60 bits per heavy atom. The number of carbonyl (C=O) groups excluding carboxylic acids is 1. The molecule has 0 saturated carbocycles. The van der Waals surface area contributed by atoms with Gasteiger partial charge in [-0.05, 0) is 37.1 Å². The van der Waals surface area contributed by atoms with Crippen molar-refractivity contribution in [2.24, 2.45) is 0 Å². The van der Waals surface area contributed by atoms with Gasteiger partial charge in [0, 0.05) is 18.7 Å². The van der Waals surface area contributed by atoms with Crippen molar-refractivity contribution in [3.8, 4) is 5.75 Å². The van der Waals surface area contributed by atoms with E-state index in [1.165, 1.54) is 28.0 Å². The van der Waals surface area contributed by atoms with E-state index >= 15 is 0 Å². The normalized spacial score (nSPS) is 11.5. The van der Waals surface area contributed by atoms with Gasteiger partial charge < -0.3 is 10.1 Å². The number of rotatable bonds is 8. The average Bonchev–Trinajstić information content (AvgIpc) is 3.31. The van der Waals surface area contributed by atoms with Crippen molar-refractivity contribution < 1.29 is 22.7 Å². The maximum Gasteiger partial charge on any atom is 0.435 e. The molecule has 0 aliphatic rings. The number of alkyl halides is 3. The highest BCUT2D eigenvalue weighted by atomic mass is 19.4. The third-order valence-electron chi connectivity index (χ3n) is 4.43. The molecule has 1 aromatic carbocycles. The molecule has 7 nitrogen and oxygen atoms in total. The van der Waals surface area contributed by atoms with Crippen molar-refractivity contribution in [1.29, 1.82) is 0 Å². The Labute approximate surface area is 171 Å². The van der Waals surface area contributed by atoms with Crippen molar-refractivity contribution in [3.05, 3.63) is 59.7 Å². The van der Waals surface area contributed by atoms with Crippen LogP contribution in [-0.2, 0) is 30.7 Å². The zero-order valence-electron chi connectivity index (χ0n) is 16.6. The fraction of sp³-hybridized carbons (Fsp3) is 0.350. The third-order valence-corrected chi connectivity index (χ3v) is 4.43. The Kier molecular flexibility index (Phi) is 6.43. The molecule has 0 unspecified atom stereocenters. The molecule has 0 atom stereocenters. The molecule has 3 rings (SSSR count). The van der Waals surface area contributed by atoms with Gasteiger partial charge in [0.15, 0.2) is 12.4 Å². The molecule has 30 heavy (non-hydrogen) atoms. The van der Waals surface area contributed by atoms with Gasteiger partial charge in [0.2, 0.25) is 5.91 Å². The van der Waals surface area contributed by atoms with Crippen LogP contribution in [0.1, 0.15) is 30.3 Å². The first-order chi connectivity index (χ1) is 14.2. The number of anilines is 1. The van der Waals surface area contributed by atoms with Crippen molar-refractivity contribution >= 4 is 11.6 Å². The molecule has 0 spiro atoms. The van der Waals surface area contributed by atoms with Gasteiger partial charge in [0.05, 0.1) is 18.1 Å². The molecule has 0 bridgehead atoms. The number of aromatic nitrogens is 4. The van der Waals surface area contributed by atoms with Gasteiger partial charge in [0.1, 0.15) is 5.75 Å². The second kappa shape index (κ2) is 9.02. The number of ether oxygens (including phenoxy) is 1. The molecule has 0 aliphatic carbocycles. The maximum atomic E-state index is 12.7. The van der Waals surface area contributed by atoms with Crippen LogP contribution in [0.15, 0.2) is 42.7 Å². The summed E-state index contributed by atoms with van der Waals surface area (Å²) in [6.45, 7) is 3.80. The lowest BCUT2D eigenvalue weighted by atomic mass is 10.2. The minimum Gasteiger partial charge on any atom is -0.471 e. The Balaban J connectivity index is 1.48. The number of hydrogen-bond acceptors (Lipinski definition) is 4. The summed E-state index contributed by atoms with van der Waals surface area (Å²) in [5.41, 5.74) is 1.06. The van der Waals surface area contributed by atoms with E-state index in [-0.39, 0.29) is 25.6 Å². The Morgan fingerprint density at radius 1 is 1.23 bits per heavy atom. The summed E-state index contributed by atoms with van der Waals surface area (Å²) in [6, 6.07) is 8.70. The summed E-state index contributed by atoms with van der Waals surface area (Å²) in [5, 5.41) is 10.3. The smallest absolute Gasteiger partial charge is 0.435 e. The molecule has 0 saturated heterocycles. The van der Waals surface area contributed by atoms with Crippen LogP contribution in [0.4, 0.5) is 18.9 Å². The minimum absolute atomic E-state index is 0.0225. The minimum atomic E-state index is -4.51. The van der Waals surface area contributed by atoms with Gasteiger partial charge in [-0.2, -0.15) is 23.4 Å². The van der Waals surface area contributed by atoms with Crippen LogP contribution in [0.3, 0.4) is 0 Å². The summed E-state index contributed by atoms with van der Waals surface area (Å²) >= 11 is 0. The number of benzene rings is 1. The fourth-order valence-electron chi connectivity index (χ4n) is 2.77. The van der Waals surface area contributed by atoms with Gasteiger partial charge in [-0.3, -0.25) is 9.48 Å². The second-order valence-electron chi connectivity index (χ2n) is 6.73. The molecule has 2 aromatic heterocycles. The molecule has 10 heteroatoms. The number of nitrogens with one attached hydrogen (secondary N) is 1. The van der Waals surface area contributed by atoms with Crippen LogP contribution in [0, 0.1) is 6.92 Å². The summed E-state index contributed by atoms with van der Waals surface area (Å²) in [5.74, 6) is 0.357. The van der Waals surface area contributed by atoms with Crippen LogP contribution >= 0.6 is 0 Å². The number of aryl methyl sites for hydroxylation is 3. The predicted molar refractivity (Wildman–Crippen MR) is 104 cm³/mol. The van der Waals surface area contributed by atoms with E-state index in [0.717, 1.165) is 12.5 Å². The molecule has 1 N–H and O–H groups in total. The monoisotopic (exact) mass is 421 g/mol. The van der Waals surface area contributed by atoms with Crippen molar-refractivity contribution in [1.82, 2.24) is 19.6 Å². The molecular weight excluding hydrogens is 399 g/mol. The van der Waals surface area contributed by atoms with Gasteiger partial charge in [0.25, 0.3) is 0 Å². The average molecular weight is 421 g/mol. The molecule has 0 radical (unpaired) electrons. The SMILES string of the molecule is CCc1ccc(OCn2cc(NC(=O)CCn3nc(C(F)(F)F)cc3C)cn2)cc1. The lowest BCUT2D eigenvalue weighted by Crippen LogP contribution is -2.16. The standard InChI is InChI=1S/C20H22F3N5O2/c1-3-15-4-6-17(7-5-15)30-13-27-12-16(11-24-27)25-19(29)8-9-28-14(2)10-18(26-28)20(21,22)23/h4-7,10-12H,3,8-9,13H2,1-2H3,(H,25,29). The fourth-order valence-corrected chi connectivity index (χ4v) is 2.77. The highest BCUT2D eigenvalue weighted by molar-refractivity contribution is 5.90. The first-order valence-electron chi connectivity index (χ1n) is 9.40. The van der Waals surface area contributed by atoms with Crippen LogP contribution in [0.5, 0.6) is 5.75 Å². The largest absolute Gasteiger partial charge is 0.471 e. The molecule has 1 amide bonds. The zero-order chi connectivity index (χ0) is 21.7. The first-order valence-corrected chi connectivity index (χ1v) is 9.40. The molecular formula is C20H22F3N5O2. The zero-order valence-corrected chi connectivity index (χ0v) is 16.6. The molecule has 3 aromatic rings. The van der Waals surface area contributed by atoms with E-state index in [2.05, 4.69) is 22.4 Å². The summed E-state index contributed by atoms with van der Waals surface area (Å²) < 4.78 is 46.4. The topological polar surface area (TPSA) is 74.0 Å². The van der Waals surface area contributed by atoms with Crippen LogP contribution in [0.2, 0.25) is 0 Å². The Bertz CT molecular complexity index is 993. The number of halogens is 3. The molecule has 160 valence electrons. The summed E-state index contributed by atoms with van der Waals surface area (Å²) in [4.78, 5) is 12.1. The third kappa shape index (κ3) is 5.62. The molecule has 2 heterocycles. The van der Waals surface area contributed by atoms with Crippen LogP contribution in [-0.4, -0.2) is 25.5 Å². The highest BCUT2D eigenvalue weighted by Gasteiger charge is 2.34. The Morgan fingerprint density at radius 2 is 1.97 bits per heavy atom. The lowest BCUT2D eigenvalue weighted by Gasteiger charge is -2.07. The van der Waals surface area contributed by atoms with Gasteiger partial charge in [-0.1, -0.05) is 19.1 Å². The number of nitrogens with zero attached hydrogens (tertiary/aromatic N) is 4. The van der Waals surface area contributed by atoms with Crippen molar-refractivity contribution in [2.45, 2.75) is 46.1 Å². The number of carbonyl (C=O) groups is 1. The maximum absolute atomic E-state index is 12.7. The predicted octanol–water partition coefficient (Wildman–Crippen LogP) is 4.03. The second-order valence-corrected chi connectivity index (χ2v) is 6.73. The van der Waals surface area contributed by atoms with Crippen LogP contribution < -0.4 is 10.1 Å². The van der Waals surface area contributed by atoms with E-state index in [1.807, 2.05) is 24.3 Å². The van der Waals surface area contributed by atoms with Crippen molar-refractivity contribution in [3.63, 3.8) is 0 Å². The van der Waals surface area contributed by atoms with E-state index in [1.54, 1.807) is 6.20 Å². The molecule has 0 fully saturated rings.